The summed E-state index contributed by atoms with van der Waals surface area (Å²) in [6.45, 7) is 2.99. The Kier molecular flexibility index (Phi) is 3.97. The Labute approximate surface area is 106 Å². The Morgan fingerprint density at radius 3 is 2.33 bits per heavy atom. The molecule has 1 aliphatic rings. The van der Waals surface area contributed by atoms with E-state index >= 15 is 0 Å². The van der Waals surface area contributed by atoms with E-state index in [0.29, 0.717) is 31.1 Å². The smallest absolute Gasteiger partial charge is 0.126 e. The third kappa shape index (κ3) is 3.27. The lowest BCUT2D eigenvalue weighted by molar-refractivity contribution is -0.00339. The van der Waals surface area contributed by atoms with Crippen LogP contribution in [0, 0.1) is 17.6 Å². The van der Waals surface area contributed by atoms with Gasteiger partial charge in [-0.25, -0.2) is 8.78 Å². The van der Waals surface area contributed by atoms with Crippen LogP contribution in [0.4, 0.5) is 8.78 Å². The van der Waals surface area contributed by atoms with Gasteiger partial charge in [-0.15, -0.1) is 0 Å². The summed E-state index contributed by atoms with van der Waals surface area (Å²) in [6, 6.07) is 3.21. The van der Waals surface area contributed by atoms with Crippen LogP contribution < -0.4 is 0 Å². The highest BCUT2D eigenvalue weighted by atomic mass is 19.1. The fraction of sp³-hybridized carbons (Fsp3) is 0.571. The molecule has 2 nitrogen and oxygen atoms in total. The molecular weight excluding hydrogens is 238 g/mol. The summed E-state index contributed by atoms with van der Waals surface area (Å²) in [5.41, 5.74) is -0.906. The molecule has 1 saturated heterocycles. The van der Waals surface area contributed by atoms with E-state index in [-0.39, 0.29) is 0 Å². The van der Waals surface area contributed by atoms with Crippen molar-refractivity contribution in [1.29, 1.82) is 0 Å². The number of hydrogen-bond donors (Lipinski definition) is 1. The van der Waals surface area contributed by atoms with Crippen molar-refractivity contribution in [3.63, 3.8) is 0 Å². The lowest BCUT2D eigenvalue weighted by atomic mass is 9.83. The Bertz CT molecular complexity index is 392. The zero-order chi connectivity index (χ0) is 13.2. The van der Waals surface area contributed by atoms with E-state index in [4.69, 9.17) is 4.74 Å². The molecule has 0 bridgehead atoms. The number of aliphatic hydroxyl groups is 1. The van der Waals surface area contributed by atoms with Gasteiger partial charge in [-0.2, -0.15) is 0 Å². The van der Waals surface area contributed by atoms with E-state index in [2.05, 4.69) is 0 Å². The van der Waals surface area contributed by atoms with Gasteiger partial charge in [0.25, 0.3) is 0 Å². The molecule has 0 saturated carbocycles. The van der Waals surface area contributed by atoms with E-state index in [1.807, 2.05) is 0 Å². The lowest BCUT2D eigenvalue weighted by Gasteiger charge is -2.31. The van der Waals surface area contributed by atoms with Crippen LogP contribution in [-0.4, -0.2) is 18.3 Å². The van der Waals surface area contributed by atoms with Crippen molar-refractivity contribution in [2.45, 2.75) is 31.8 Å². The van der Waals surface area contributed by atoms with Gasteiger partial charge in [0.2, 0.25) is 0 Å². The molecule has 18 heavy (non-hydrogen) atoms. The minimum atomic E-state index is -1.20. The van der Waals surface area contributed by atoms with Crippen molar-refractivity contribution in [3.05, 3.63) is 35.4 Å². The van der Waals surface area contributed by atoms with Gasteiger partial charge >= 0.3 is 0 Å². The molecular formula is C14H18F2O2. The van der Waals surface area contributed by atoms with Crippen LogP contribution in [0.3, 0.4) is 0 Å². The second kappa shape index (κ2) is 5.33. The highest BCUT2D eigenvalue weighted by Gasteiger charge is 2.29. The molecule has 1 heterocycles. The highest BCUT2D eigenvalue weighted by molar-refractivity contribution is 5.23. The molecule has 1 fully saturated rings. The molecule has 0 aliphatic carbocycles. The van der Waals surface area contributed by atoms with Gasteiger partial charge in [0.05, 0.1) is 5.60 Å². The lowest BCUT2D eigenvalue weighted by Crippen LogP contribution is -2.28. The number of rotatable bonds is 3. The van der Waals surface area contributed by atoms with Crippen molar-refractivity contribution < 1.29 is 18.6 Å². The van der Waals surface area contributed by atoms with Crippen molar-refractivity contribution >= 4 is 0 Å². The molecule has 0 radical (unpaired) electrons. The van der Waals surface area contributed by atoms with Crippen LogP contribution in [0.15, 0.2) is 18.2 Å². The Morgan fingerprint density at radius 2 is 1.78 bits per heavy atom. The highest BCUT2D eigenvalue weighted by Crippen LogP contribution is 2.33. The van der Waals surface area contributed by atoms with Gasteiger partial charge in [0.1, 0.15) is 11.6 Å². The predicted octanol–water partition coefficient (Wildman–Crippen LogP) is 2.99. The standard InChI is InChI=1S/C14H18F2O2/c1-14(17,9-10-2-4-18-5-3-10)11-6-12(15)8-13(16)7-11/h6-8,10,17H,2-5,9H2,1H3. The summed E-state index contributed by atoms with van der Waals surface area (Å²) in [4.78, 5) is 0. The minimum Gasteiger partial charge on any atom is -0.385 e. The third-order valence-electron chi connectivity index (χ3n) is 3.51. The van der Waals surface area contributed by atoms with Crippen molar-refractivity contribution in [1.82, 2.24) is 0 Å². The third-order valence-corrected chi connectivity index (χ3v) is 3.51. The van der Waals surface area contributed by atoms with E-state index < -0.39 is 17.2 Å². The van der Waals surface area contributed by atoms with E-state index in [9.17, 15) is 13.9 Å². The second-order valence-electron chi connectivity index (χ2n) is 5.19. The fourth-order valence-corrected chi connectivity index (χ4v) is 2.50. The maximum Gasteiger partial charge on any atom is 0.126 e. The summed E-state index contributed by atoms with van der Waals surface area (Å²) in [6.07, 6.45) is 2.27. The molecule has 0 amide bonds. The first-order valence-electron chi connectivity index (χ1n) is 6.24. The van der Waals surface area contributed by atoms with E-state index in [1.165, 1.54) is 12.1 Å². The van der Waals surface area contributed by atoms with Crippen LogP contribution >= 0.6 is 0 Å². The number of ether oxygens (including phenoxy) is 1. The van der Waals surface area contributed by atoms with Crippen molar-refractivity contribution in [3.8, 4) is 0 Å². The molecule has 100 valence electrons. The quantitative estimate of drug-likeness (QED) is 0.901. The maximum absolute atomic E-state index is 13.2. The summed E-state index contributed by atoms with van der Waals surface area (Å²) < 4.78 is 31.6. The normalized spacial score (nSPS) is 20.7. The van der Waals surface area contributed by atoms with Gasteiger partial charge in [0, 0.05) is 19.3 Å². The molecule has 1 unspecified atom stereocenters. The predicted molar refractivity (Wildman–Crippen MR) is 64.1 cm³/mol. The molecule has 1 aromatic rings. The number of benzene rings is 1. The van der Waals surface area contributed by atoms with Crippen molar-refractivity contribution in [2.75, 3.05) is 13.2 Å². The van der Waals surface area contributed by atoms with Crippen LogP contribution in [0.25, 0.3) is 0 Å². The van der Waals surface area contributed by atoms with Gasteiger partial charge < -0.3 is 9.84 Å². The molecule has 4 heteroatoms. The van der Waals surface area contributed by atoms with Crippen LogP contribution in [0.5, 0.6) is 0 Å². The average Bonchev–Trinajstić information content (AvgIpc) is 2.28. The second-order valence-corrected chi connectivity index (χ2v) is 5.19. The first kappa shape index (κ1) is 13.4. The average molecular weight is 256 g/mol. The Hall–Kier alpha value is -1.00. The summed E-state index contributed by atoms with van der Waals surface area (Å²) >= 11 is 0. The van der Waals surface area contributed by atoms with Gasteiger partial charge in [-0.1, -0.05) is 0 Å². The van der Waals surface area contributed by atoms with Crippen LogP contribution in [0.2, 0.25) is 0 Å². The fourth-order valence-electron chi connectivity index (χ4n) is 2.50. The molecule has 1 aromatic carbocycles. The zero-order valence-electron chi connectivity index (χ0n) is 10.5. The van der Waals surface area contributed by atoms with Gasteiger partial charge in [-0.05, 0) is 49.8 Å². The first-order valence-corrected chi connectivity index (χ1v) is 6.24. The summed E-state index contributed by atoms with van der Waals surface area (Å²) in [7, 11) is 0. The van der Waals surface area contributed by atoms with Crippen molar-refractivity contribution in [2.24, 2.45) is 5.92 Å². The number of halogens is 2. The topological polar surface area (TPSA) is 29.5 Å². The molecule has 2 rings (SSSR count). The minimum absolute atomic E-state index is 0.298. The SMILES string of the molecule is CC(O)(CC1CCOCC1)c1cc(F)cc(F)c1. The maximum atomic E-state index is 13.2. The molecule has 1 atom stereocenters. The molecule has 0 spiro atoms. The number of hydrogen-bond acceptors (Lipinski definition) is 2. The summed E-state index contributed by atoms with van der Waals surface area (Å²) in [5.74, 6) is -0.977. The summed E-state index contributed by atoms with van der Waals surface area (Å²) in [5, 5.41) is 10.4. The van der Waals surface area contributed by atoms with Gasteiger partial charge in [-0.3, -0.25) is 0 Å². The Morgan fingerprint density at radius 1 is 1.22 bits per heavy atom. The largest absolute Gasteiger partial charge is 0.385 e. The molecule has 1 aliphatic heterocycles. The van der Waals surface area contributed by atoms with Crippen LogP contribution in [-0.2, 0) is 10.3 Å². The van der Waals surface area contributed by atoms with E-state index in [1.54, 1.807) is 6.92 Å². The Balaban J connectivity index is 2.13. The zero-order valence-corrected chi connectivity index (χ0v) is 10.5. The van der Waals surface area contributed by atoms with Gasteiger partial charge in [0.15, 0.2) is 0 Å². The van der Waals surface area contributed by atoms with Crippen LogP contribution in [0.1, 0.15) is 31.7 Å². The van der Waals surface area contributed by atoms with E-state index in [0.717, 1.165) is 18.9 Å². The molecule has 1 N–H and O–H groups in total. The molecule has 0 aromatic heterocycles. The first-order chi connectivity index (χ1) is 8.47. The monoisotopic (exact) mass is 256 g/mol.